The van der Waals surface area contributed by atoms with E-state index in [0.717, 1.165) is 24.0 Å². The van der Waals surface area contributed by atoms with E-state index in [-0.39, 0.29) is 0 Å². The molecule has 1 aromatic heterocycles. The van der Waals surface area contributed by atoms with E-state index in [1.807, 2.05) is 6.07 Å². The number of aryl methyl sites for hydroxylation is 1. The third-order valence-corrected chi connectivity index (χ3v) is 4.48. The van der Waals surface area contributed by atoms with Gasteiger partial charge < -0.3 is 15.0 Å². The number of aromatic carboxylic acids is 1. The molecule has 4 nitrogen and oxygen atoms in total. The van der Waals surface area contributed by atoms with E-state index >= 15 is 0 Å². The largest absolute Gasteiger partial charge is 0.478 e. The Kier molecular flexibility index (Phi) is 3.97. The van der Waals surface area contributed by atoms with Crippen molar-refractivity contribution in [1.29, 1.82) is 0 Å². The van der Waals surface area contributed by atoms with Crippen molar-refractivity contribution in [2.24, 2.45) is 0 Å². The molecule has 0 bridgehead atoms. The number of fused-ring (bicyclic) bond motifs is 1. The molecule has 0 spiro atoms. The number of hydrogen-bond acceptors (Lipinski definition) is 2. The summed E-state index contributed by atoms with van der Waals surface area (Å²) in [4.78, 5) is 11.1. The number of rotatable bonds is 5. The Morgan fingerprint density at radius 3 is 2.76 bits per heavy atom. The standard InChI is InChI=1S/C17H22N2O2/c1-2-19-15(11-18-14-5-3-4-6-14)9-12-7-8-13(17(20)21)10-16(12)19/h7-10,14,18H,2-6,11H2,1H3,(H,20,21). The minimum Gasteiger partial charge on any atom is -0.478 e. The average molecular weight is 286 g/mol. The summed E-state index contributed by atoms with van der Waals surface area (Å²) in [5.74, 6) is -0.869. The van der Waals surface area contributed by atoms with Crippen molar-refractivity contribution in [3.63, 3.8) is 0 Å². The molecule has 1 saturated carbocycles. The maximum absolute atomic E-state index is 11.1. The second-order valence-corrected chi connectivity index (χ2v) is 5.82. The van der Waals surface area contributed by atoms with Crippen LogP contribution in [0, 0.1) is 0 Å². The molecular weight excluding hydrogens is 264 g/mol. The summed E-state index contributed by atoms with van der Waals surface area (Å²) in [5.41, 5.74) is 2.60. The fraction of sp³-hybridized carbons (Fsp3) is 0.471. The van der Waals surface area contributed by atoms with Crippen LogP contribution in [0.15, 0.2) is 24.3 Å². The lowest BCUT2D eigenvalue weighted by molar-refractivity contribution is 0.0697. The van der Waals surface area contributed by atoms with E-state index in [0.29, 0.717) is 11.6 Å². The molecule has 3 rings (SSSR count). The van der Waals surface area contributed by atoms with Gasteiger partial charge in [-0.25, -0.2) is 4.79 Å². The second-order valence-electron chi connectivity index (χ2n) is 5.82. The van der Waals surface area contributed by atoms with E-state index in [4.69, 9.17) is 5.11 Å². The third-order valence-electron chi connectivity index (χ3n) is 4.48. The molecule has 1 heterocycles. The van der Waals surface area contributed by atoms with Crippen LogP contribution in [0.1, 0.15) is 48.7 Å². The van der Waals surface area contributed by atoms with Crippen molar-refractivity contribution in [2.75, 3.05) is 0 Å². The van der Waals surface area contributed by atoms with Crippen molar-refractivity contribution < 1.29 is 9.90 Å². The van der Waals surface area contributed by atoms with Gasteiger partial charge in [0.05, 0.1) is 5.56 Å². The molecule has 1 aliphatic carbocycles. The Morgan fingerprint density at radius 1 is 1.33 bits per heavy atom. The van der Waals surface area contributed by atoms with Gasteiger partial charge in [0.1, 0.15) is 0 Å². The van der Waals surface area contributed by atoms with Crippen LogP contribution in [0.4, 0.5) is 0 Å². The van der Waals surface area contributed by atoms with Gasteiger partial charge in [-0.15, -0.1) is 0 Å². The maximum Gasteiger partial charge on any atom is 0.335 e. The Morgan fingerprint density at radius 2 is 2.10 bits per heavy atom. The second kappa shape index (κ2) is 5.90. The summed E-state index contributed by atoms with van der Waals surface area (Å²) in [6.07, 6.45) is 5.21. The molecule has 0 saturated heterocycles. The number of nitrogens with one attached hydrogen (secondary N) is 1. The maximum atomic E-state index is 11.1. The molecular formula is C17H22N2O2. The van der Waals surface area contributed by atoms with Crippen LogP contribution in [-0.2, 0) is 13.1 Å². The Bertz CT molecular complexity index is 654. The molecule has 1 fully saturated rings. The highest BCUT2D eigenvalue weighted by Crippen LogP contribution is 2.23. The zero-order valence-electron chi connectivity index (χ0n) is 12.4. The van der Waals surface area contributed by atoms with Gasteiger partial charge in [-0.05, 0) is 43.4 Å². The molecule has 0 atom stereocenters. The Balaban J connectivity index is 1.88. The normalized spacial score (nSPS) is 15.9. The smallest absolute Gasteiger partial charge is 0.335 e. The van der Waals surface area contributed by atoms with Crippen molar-refractivity contribution in [3.05, 3.63) is 35.5 Å². The predicted molar refractivity (Wildman–Crippen MR) is 83.7 cm³/mol. The Hall–Kier alpha value is -1.81. The minimum absolute atomic E-state index is 0.352. The Labute approximate surface area is 124 Å². The van der Waals surface area contributed by atoms with Gasteiger partial charge >= 0.3 is 5.97 Å². The SMILES string of the molecule is CCn1c(CNC2CCCC2)cc2ccc(C(=O)O)cc21. The van der Waals surface area contributed by atoms with E-state index in [1.165, 1.54) is 31.4 Å². The van der Waals surface area contributed by atoms with Gasteiger partial charge in [0.2, 0.25) is 0 Å². The van der Waals surface area contributed by atoms with Crippen LogP contribution >= 0.6 is 0 Å². The summed E-state index contributed by atoms with van der Waals surface area (Å²) < 4.78 is 2.21. The summed E-state index contributed by atoms with van der Waals surface area (Å²) in [6, 6.07) is 8.18. The van der Waals surface area contributed by atoms with Crippen molar-refractivity contribution in [3.8, 4) is 0 Å². The zero-order valence-corrected chi connectivity index (χ0v) is 12.4. The van der Waals surface area contributed by atoms with E-state index in [1.54, 1.807) is 12.1 Å². The molecule has 0 aliphatic heterocycles. The fourth-order valence-electron chi connectivity index (χ4n) is 3.34. The van der Waals surface area contributed by atoms with Crippen LogP contribution in [-0.4, -0.2) is 21.7 Å². The van der Waals surface area contributed by atoms with Crippen LogP contribution < -0.4 is 5.32 Å². The first-order valence-corrected chi connectivity index (χ1v) is 7.78. The number of carboxylic acids is 1. The van der Waals surface area contributed by atoms with Crippen molar-refractivity contribution in [1.82, 2.24) is 9.88 Å². The third kappa shape index (κ3) is 2.81. The summed E-state index contributed by atoms with van der Waals surface area (Å²) in [5, 5.41) is 13.9. The first-order valence-electron chi connectivity index (χ1n) is 7.78. The lowest BCUT2D eigenvalue weighted by atomic mass is 10.1. The van der Waals surface area contributed by atoms with Crippen molar-refractivity contribution >= 4 is 16.9 Å². The molecule has 4 heteroatoms. The molecule has 21 heavy (non-hydrogen) atoms. The fourth-order valence-corrected chi connectivity index (χ4v) is 3.34. The van der Waals surface area contributed by atoms with E-state index < -0.39 is 5.97 Å². The molecule has 2 aromatic rings. The lowest BCUT2D eigenvalue weighted by Gasteiger charge is -2.13. The highest BCUT2D eigenvalue weighted by molar-refractivity contribution is 5.93. The summed E-state index contributed by atoms with van der Waals surface area (Å²) in [7, 11) is 0. The molecule has 1 aliphatic rings. The van der Waals surface area contributed by atoms with Gasteiger partial charge in [-0.3, -0.25) is 0 Å². The highest BCUT2D eigenvalue weighted by Gasteiger charge is 2.16. The predicted octanol–water partition coefficient (Wildman–Crippen LogP) is 3.39. The van der Waals surface area contributed by atoms with E-state index in [2.05, 4.69) is 22.9 Å². The van der Waals surface area contributed by atoms with Crippen LogP contribution in [0.2, 0.25) is 0 Å². The number of benzene rings is 1. The van der Waals surface area contributed by atoms with Gasteiger partial charge in [0.25, 0.3) is 0 Å². The zero-order chi connectivity index (χ0) is 14.8. The first-order chi connectivity index (χ1) is 10.2. The van der Waals surface area contributed by atoms with E-state index in [9.17, 15) is 4.79 Å². The topological polar surface area (TPSA) is 54.3 Å². The molecule has 1 aromatic carbocycles. The first kappa shape index (κ1) is 14.1. The number of nitrogens with zero attached hydrogens (tertiary/aromatic N) is 1. The molecule has 112 valence electrons. The number of carbonyl (C=O) groups is 1. The van der Waals surface area contributed by atoms with Gasteiger partial charge in [-0.2, -0.15) is 0 Å². The quantitative estimate of drug-likeness (QED) is 0.886. The molecule has 0 amide bonds. The van der Waals surface area contributed by atoms with Gasteiger partial charge in [0.15, 0.2) is 0 Å². The van der Waals surface area contributed by atoms with Crippen LogP contribution in [0.25, 0.3) is 10.9 Å². The van der Waals surface area contributed by atoms with Crippen LogP contribution in [0.3, 0.4) is 0 Å². The monoisotopic (exact) mass is 286 g/mol. The highest BCUT2D eigenvalue weighted by atomic mass is 16.4. The molecule has 2 N–H and O–H groups in total. The van der Waals surface area contributed by atoms with Crippen LogP contribution in [0.5, 0.6) is 0 Å². The number of carboxylic acid groups (broad SMARTS) is 1. The van der Waals surface area contributed by atoms with Gasteiger partial charge in [0, 0.05) is 30.3 Å². The number of aromatic nitrogens is 1. The van der Waals surface area contributed by atoms with Gasteiger partial charge in [-0.1, -0.05) is 18.9 Å². The van der Waals surface area contributed by atoms with Crippen molar-refractivity contribution in [2.45, 2.75) is 51.7 Å². The minimum atomic E-state index is -0.869. The molecule has 0 radical (unpaired) electrons. The average Bonchev–Trinajstić information content (AvgIpc) is 3.11. The lowest BCUT2D eigenvalue weighted by Crippen LogP contribution is -2.26. The summed E-state index contributed by atoms with van der Waals surface area (Å²) in [6.45, 7) is 3.82. The summed E-state index contributed by atoms with van der Waals surface area (Å²) >= 11 is 0. The number of hydrogen-bond donors (Lipinski definition) is 2. The molecule has 0 unspecified atom stereocenters.